The number of carbonyl (C=O) groups is 5. The van der Waals surface area contributed by atoms with Gasteiger partial charge in [-0.1, -0.05) is 6.92 Å². The first-order valence-corrected chi connectivity index (χ1v) is 7.32. The highest BCUT2D eigenvalue weighted by Gasteiger charge is 2.47. The molecule has 1 aliphatic rings. The van der Waals surface area contributed by atoms with Gasteiger partial charge in [-0.2, -0.15) is 13.2 Å². The van der Waals surface area contributed by atoms with E-state index in [4.69, 9.17) is 0 Å². The fraction of sp³-hybridized carbons (Fsp3) is 0.615. The zero-order chi connectivity index (χ0) is 20.1. The van der Waals surface area contributed by atoms with Crippen molar-refractivity contribution in [1.29, 1.82) is 0 Å². The summed E-state index contributed by atoms with van der Waals surface area (Å²) in [6.45, 7) is -0.241. The molecule has 26 heavy (non-hydrogen) atoms. The Morgan fingerprint density at radius 2 is 1.88 bits per heavy atom. The summed E-state index contributed by atoms with van der Waals surface area (Å²) in [7, 11) is 0. The van der Waals surface area contributed by atoms with Gasteiger partial charge in [0.15, 0.2) is 6.61 Å². The number of nitrogens with zero attached hydrogens (tertiary/aromatic N) is 1. The van der Waals surface area contributed by atoms with Crippen LogP contribution in [0.2, 0.25) is 0 Å². The first-order chi connectivity index (χ1) is 11.9. The third-order valence-electron chi connectivity index (χ3n) is 3.41. The topological polar surface area (TPSA) is 134 Å². The summed E-state index contributed by atoms with van der Waals surface area (Å²) in [5.41, 5.74) is -1.15. The van der Waals surface area contributed by atoms with Crippen molar-refractivity contribution in [2.75, 3.05) is 19.7 Å². The second kappa shape index (κ2) is 8.01. The standard InChI is InChI=1S/C13H17F3N4O6/c1-3-12(2)9(23)20(11(25)19-12)4-8(22)26-5-7(21)18-10(24)17-6-13(14,15)16/h3-6H2,1-2H3,(H,19,25)(H2,17,18,21,24)/t12-/m0/s1. The van der Waals surface area contributed by atoms with Crippen molar-refractivity contribution in [2.24, 2.45) is 0 Å². The summed E-state index contributed by atoms with van der Waals surface area (Å²) >= 11 is 0. The molecule has 1 atom stereocenters. The number of rotatable bonds is 6. The van der Waals surface area contributed by atoms with Gasteiger partial charge < -0.3 is 15.4 Å². The Kier molecular flexibility index (Phi) is 6.53. The summed E-state index contributed by atoms with van der Waals surface area (Å²) in [5, 5.41) is 5.31. The molecule has 1 rings (SSSR count). The molecule has 146 valence electrons. The van der Waals surface area contributed by atoms with Crippen LogP contribution in [0.5, 0.6) is 0 Å². The molecule has 1 heterocycles. The monoisotopic (exact) mass is 382 g/mol. The van der Waals surface area contributed by atoms with Gasteiger partial charge >= 0.3 is 24.2 Å². The summed E-state index contributed by atoms with van der Waals surface area (Å²) in [6, 6.07) is -2.22. The number of imide groups is 2. The third-order valence-corrected chi connectivity index (χ3v) is 3.41. The van der Waals surface area contributed by atoms with Crippen molar-refractivity contribution in [1.82, 2.24) is 20.9 Å². The maximum Gasteiger partial charge on any atom is 0.405 e. The molecule has 0 bridgehead atoms. The molecule has 1 saturated heterocycles. The summed E-state index contributed by atoms with van der Waals surface area (Å²) in [4.78, 5) is 58.3. The lowest BCUT2D eigenvalue weighted by atomic mass is 9.99. The molecule has 0 aliphatic carbocycles. The normalized spacial score (nSPS) is 19.8. The van der Waals surface area contributed by atoms with Gasteiger partial charge in [-0.25, -0.2) is 9.59 Å². The average molecular weight is 382 g/mol. The molecule has 1 aliphatic heterocycles. The minimum atomic E-state index is -4.65. The lowest BCUT2D eigenvalue weighted by Crippen LogP contribution is -2.45. The lowest BCUT2D eigenvalue weighted by Gasteiger charge is -2.18. The number of halogens is 3. The van der Waals surface area contributed by atoms with Crippen LogP contribution in [0.4, 0.5) is 22.8 Å². The molecule has 0 saturated carbocycles. The minimum Gasteiger partial charge on any atom is -0.454 e. The molecule has 0 aromatic heterocycles. The number of hydrogen-bond acceptors (Lipinski definition) is 6. The van der Waals surface area contributed by atoms with Crippen molar-refractivity contribution in [3.63, 3.8) is 0 Å². The van der Waals surface area contributed by atoms with Gasteiger partial charge in [0.05, 0.1) is 0 Å². The van der Waals surface area contributed by atoms with Crippen LogP contribution in [0.1, 0.15) is 20.3 Å². The maximum atomic E-state index is 12.1. The van der Waals surface area contributed by atoms with Crippen LogP contribution in [0.15, 0.2) is 0 Å². The highest BCUT2D eigenvalue weighted by Crippen LogP contribution is 2.20. The SMILES string of the molecule is CC[C@]1(C)NC(=O)N(CC(=O)OCC(=O)NC(=O)NCC(F)(F)F)C1=O. The van der Waals surface area contributed by atoms with E-state index in [2.05, 4.69) is 10.1 Å². The van der Waals surface area contributed by atoms with E-state index in [1.165, 1.54) is 17.6 Å². The predicted octanol–water partition coefficient (Wildman–Crippen LogP) is -0.362. The molecule has 3 N–H and O–H groups in total. The van der Waals surface area contributed by atoms with E-state index in [9.17, 15) is 37.1 Å². The second-order valence-electron chi connectivity index (χ2n) is 5.51. The minimum absolute atomic E-state index is 0.290. The van der Waals surface area contributed by atoms with E-state index in [0.717, 1.165) is 0 Å². The fourth-order valence-electron chi connectivity index (χ4n) is 1.84. The van der Waals surface area contributed by atoms with Crippen LogP contribution in [0.3, 0.4) is 0 Å². The average Bonchev–Trinajstić information content (AvgIpc) is 2.74. The van der Waals surface area contributed by atoms with Gasteiger partial charge in [-0.05, 0) is 13.3 Å². The van der Waals surface area contributed by atoms with Gasteiger partial charge in [-0.3, -0.25) is 24.6 Å². The zero-order valence-electron chi connectivity index (χ0n) is 13.9. The Balaban J connectivity index is 2.40. The molecular formula is C13H17F3N4O6. The molecule has 0 radical (unpaired) electrons. The van der Waals surface area contributed by atoms with Crippen molar-refractivity contribution in [3.05, 3.63) is 0 Å². The molecule has 0 unspecified atom stereocenters. The van der Waals surface area contributed by atoms with Gasteiger partial charge in [-0.15, -0.1) is 0 Å². The summed E-state index contributed by atoms with van der Waals surface area (Å²) in [5.74, 6) is -2.94. The number of alkyl halides is 3. The quantitative estimate of drug-likeness (QED) is 0.424. The van der Waals surface area contributed by atoms with E-state index in [0.29, 0.717) is 11.3 Å². The summed E-state index contributed by atoms with van der Waals surface area (Å²) < 4.78 is 40.1. The van der Waals surface area contributed by atoms with Crippen LogP contribution >= 0.6 is 0 Å². The molecule has 6 amide bonds. The van der Waals surface area contributed by atoms with Crippen LogP contribution in [-0.4, -0.2) is 66.2 Å². The van der Waals surface area contributed by atoms with Crippen LogP contribution in [-0.2, 0) is 19.1 Å². The zero-order valence-corrected chi connectivity index (χ0v) is 13.9. The molecule has 13 heteroatoms. The predicted molar refractivity (Wildman–Crippen MR) is 77.5 cm³/mol. The van der Waals surface area contributed by atoms with E-state index in [-0.39, 0.29) is 0 Å². The number of carbonyl (C=O) groups excluding carboxylic acids is 5. The van der Waals surface area contributed by atoms with Gasteiger partial charge in [0.25, 0.3) is 11.8 Å². The number of nitrogens with one attached hydrogen (secondary N) is 3. The Morgan fingerprint density at radius 1 is 1.27 bits per heavy atom. The Morgan fingerprint density at radius 3 is 2.38 bits per heavy atom. The number of ether oxygens (including phenoxy) is 1. The first kappa shape index (κ1) is 21.2. The van der Waals surface area contributed by atoms with Crippen LogP contribution in [0, 0.1) is 0 Å². The number of urea groups is 2. The lowest BCUT2D eigenvalue weighted by molar-refractivity contribution is -0.150. The van der Waals surface area contributed by atoms with Crippen molar-refractivity contribution in [3.8, 4) is 0 Å². The van der Waals surface area contributed by atoms with Gasteiger partial charge in [0.2, 0.25) is 0 Å². The number of hydrogen-bond donors (Lipinski definition) is 3. The second-order valence-corrected chi connectivity index (χ2v) is 5.51. The van der Waals surface area contributed by atoms with E-state index < -0.39 is 61.3 Å². The smallest absolute Gasteiger partial charge is 0.405 e. The maximum absolute atomic E-state index is 12.1. The third kappa shape index (κ3) is 5.89. The molecular weight excluding hydrogens is 365 g/mol. The Labute approximate surface area is 145 Å². The number of esters is 1. The van der Waals surface area contributed by atoms with Crippen LogP contribution in [0.25, 0.3) is 0 Å². The number of amides is 6. The summed E-state index contributed by atoms with van der Waals surface area (Å²) in [6.07, 6.45) is -4.36. The van der Waals surface area contributed by atoms with Crippen LogP contribution < -0.4 is 16.0 Å². The highest BCUT2D eigenvalue weighted by atomic mass is 19.4. The molecule has 0 aromatic carbocycles. The Hall–Kier alpha value is -2.86. The highest BCUT2D eigenvalue weighted by molar-refractivity contribution is 6.08. The van der Waals surface area contributed by atoms with Crippen molar-refractivity contribution < 1.29 is 41.9 Å². The Bertz CT molecular complexity index is 623. The molecule has 0 spiro atoms. The van der Waals surface area contributed by atoms with E-state index in [1.54, 1.807) is 6.92 Å². The molecule has 10 nitrogen and oxygen atoms in total. The van der Waals surface area contributed by atoms with Gasteiger partial charge in [0.1, 0.15) is 18.6 Å². The fourth-order valence-corrected chi connectivity index (χ4v) is 1.84. The van der Waals surface area contributed by atoms with Crippen molar-refractivity contribution >= 4 is 29.8 Å². The van der Waals surface area contributed by atoms with Crippen molar-refractivity contribution in [2.45, 2.75) is 32.0 Å². The largest absolute Gasteiger partial charge is 0.454 e. The first-order valence-electron chi connectivity index (χ1n) is 7.32. The van der Waals surface area contributed by atoms with Gasteiger partial charge in [0, 0.05) is 0 Å². The van der Waals surface area contributed by atoms with E-state index >= 15 is 0 Å². The molecule has 0 aromatic rings. The molecule has 1 fully saturated rings. The van der Waals surface area contributed by atoms with E-state index in [1.807, 2.05) is 0 Å².